The third-order valence-electron chi connectivity index (χ3n) is 3.96. The van der Waals surface area contributed by atoms with Crippen molar-refractivity contribution in [1.29, 1.82) is 0 Å². The van der Waals surface area contributed by atoms with Gasteiger partial charge in [0.25, 0.3) is 0 Å². The highest BCUT2D eigenvalue weighted by molar-refractivity contribution is 5.52. The maximum Gasteiger partial charge on any atom is 0.248 e. The molecule has 1 aliphatic carbocycles. The van der Waals surface area contributed by atoms with Crippen LogP contribution in [-0.2, 0) is 6.42 Å². The molecule has 0 atom stereocenters. The monoisotopic (exact) mass is 277 g/mol. The fourth-order valence-electron chi connectivity index (χ4n) is 2.75. The van der Waals surface area contributed by atoms with Crippen molar-refractivity contribution in [1.82, 2.24) is 14.6 Å². The molecule has 1 aliphatic rings. The van der Waals surface area contributed by atoms with E-state index < -0.39 is 5.92 Å². The Morgan fingerprint density at radius 3 is 2.85 bits per heavy atom. The first-order valence-corrected chi connectivity index (χ1v) is 6.90. The second-order valence-corrected chi connectivity index (χ2v) is 5.53. The molecule has 20 heavy (non-hydrogen) atoms. The minimum atomic E-state index is -2.46. The zero-order valence-corrected chi connectivity index (χ0v) is 11.2. The summed E-state index contributed by atoms with van der Waals surface area (Å²) in [6, 6.07) is 1.92. The summed E-state index contributed by atoms with van der Waals surface area (Å²) in [6.45, 7) is 3.70. The Morgan fingerprint density at radius 1 is 1.40 bits per heavy atom. The van der Waals surface area contributed by atoms with Gasteiger partial charge in [-0.25, -0.2) is 18.3 Å². The summed E-state index contributed by atoms with van der Waals surface area (Å²) in [5, 5.41) is 4.25. The zero-order valence-electron chi connectivity index (χ0n) is 11.2. The molecule has 3 nitrogen and oxygen atoms in total. The van der Waals surface area contributed by atoms with Gasteiger partial charge in [-0.3, -0.25) is 0 Å². The first-order chi connectivity index (χ1) is 9.55. The van der Waals surface area contributed by atoms with Crippen LogP contribution in [0.2, 0.25) is 0 Å². The molecule has 0 aromatic carbocycles. The molecule has 2 heterocycles. The summed E-state index contributed by atoms with van der Waals surface area (Å²) < 4.78 is 28.0. The van der Waals surface area contributed by atoms with Crippen LogP contribution in [0.1, 0.15) is 36.9 Å². The molecule has 0 saturated heterocycles. The number of hydrogen-bond acceptors (Lipinski definition) is 2. The molecule has 0 bridgehead atoms. The summed E-state index contributed by atoms with van der Waals surface area (Å²) in [6.07, 6.45) is 7.25. The summed E-state index contributed by atoms with van der Waals surface area (Å²) in [4.78, 5) is 4.52. The maximum absolute atomic E-state index is 13.1. The number of fused-ring (bicyclic) bond motifs is 1. The molecule has 0 spiro atoms. The minimum Gasteiger partial charge on any atom is -0.232 e. The Hall–Kier alpha value is -1.78. The Bertz CT molecular complexity index is 623. The van der Waals surface area contributed by atoms with Crippen molar-refractivity contribution in [2.75, 3.05) is 0 Å². The molecule has 1 saturated carbocycles. The molecule has 1 fully saturated rings. The number of aromatic nitrogens is 3. The predicted molar refractivity (Wildman–Crippen MR) is 73.7 cm³/mol. The predicted octanol–water partition coefficient (Wildman–Crippen LogP) is 3.74. The van der Waals surface area contributed by atoms with Crippen molar-refractivity contribution in [2.24, 2.45) is 5.92 Å². The van der Waals surface area contributed by atoms with E-state index in [1.807, 2.05) is 12.3 Å². The van der Waals surface area contributed by atoms with Gasteiger partial charge in [0.2, 0.25) is 5.92 Å². The van der Waals surface area contributed by atoms with Crippen molar-refractivity contribution >= 4 is 11.7 Å². The lowest BCUT2D eigenvalue weighted by atomic mass is 9.84. The zero-order chi connectivity index (χ0) is 14.2. The third-order valence-corrected chi connectivity index (χ3v) is 3.96. The van der Waals surface area contributed by atoms with Crippen LogP contribution in [0.3, 0.4) is 0 Å². The number of hydrogen-bond donors (Lipinski definition) is 0. The molecule has 0 N–H and O–H groups in total. The van der Waals surface area contributed by atoms with Gasteiger partial charge in [-0.2, -0.15) is 5.10 Å². The van der Waals surface area contributed by atoms with Crippen LogP contribution in [0.5, 0.6) is 0 Å². The summed E-state index contributed by atoms with van der Waals surface area (Å²) >= 11 is 0. The summed E-state index contributed by atoms with van der Waals surface area (Å²) in [5.41, 5.74) is 2.62. The molecule has 0 amide bonds. The van der Waals surface area contributed by atoms with Crippen LogP contribution in [0.4, 0.5) is 8.78 Å². The average Bonchev–Trinajstić information content (AvgIpc) is 2.82. The van der Waals surface area contributed by atoms with Gasteiger partial charge in [0.15, 0.2) is 5.65 Å². The number of rotatable bonds is 3. The van der Waals surface area contributed by atoms with E-state index in [0.717, 1.165) is 23.3 Å². The van der Waals surface area contributed by atoms with Crippen LogP contribution in [0.25, 0.3) is 11.7 Å². The van der Waals surface area contributed by atoms with Crippen LogP contribution >= 0.6 is 0 Å². The van der Waals surface area contributed by atoms with Crippen LogP contribution in [0.15, 0.2) is 25.0 Å². The smallest absolute Gasteiger partial charge is 0.232 e. The van der Waals surface area contributed by atoms with Gasteiger partial charge in [0, 0.05) is 12.8 Å². The highest BCUT2D eigenvalue weighted by atomic mass is 19.3. The molecule has 0 unspecified atom stereocenters. The second kappa shape index (κ2) is 4.96. The van der Waals surface area contributed by atoms with E-state index in [0.29, 0.717) is 18.8 Å². The van der Waals surface area contributed by atoms with Crippen LogP contribution < -0.4 is 0 Å². The molecule has 2 aromatic rings. The van der Waals surface area contributed by atoms with Gasteiger partial charge in [0.05, 0.1) is 18.1 Å². The molecular weight excluding hydrogens is 260 g/mol. The van der Waals surface area contributed by atoms with Crippen molar-refractivity contribution in [3.05, 3.63) is 36.3 Å². The number of nitrogens with zero attached hydrogens (tertiary/aromatic N) is 3. The van der Waals surface area contributed by atoms with E-state index in [-0.39, 0.29) is 12.8 Å². The van der Waals surface area contributed by atoms with E-state index in [1.54, 1.807) is 16.8 Å². The fraction of sp³-hybridized carbons (Fsp3) is 0.467. The Morgan fingerprint density at radius 2 is 2.15 bits per heavy atom. The number of alkyl halides is 2. The topological polar surface area (TPSA) is 30.2 Å². The SMILES string of the molecule is C=Cc1cnn2cc(CC3CCC(F)(F)CC3)nc2c1. The molecule has 0 radical (unpaired) electrons. The first-order valence-electron chi connectivity index (χ1n) is 6.90. The Balaban J connectivity index is 1.73. The number of imidazole rings is 1. The minimum absolute atomic E-state index is 0.00387. The van der Waals surface area contributed by atoms with Gasteiger partial charge >= 0.3 is 0 Å². The van der Waals surface area contributed by atoms with Crippen molar-refractivity contribution in [3.8, 4) is 0 Å². The number of halogens is 2. The third kappa shape index (κ3) is 2.71. The Kier molecular flexibility index (Phi) is 3.28. The van der Waals surface area contributed by atoms with Gasteiger partial charge < -0.3 is 0 Å². The average molecular weight is 277 g/mol. The normalized spacial score (nSPS) is 19.3. The molecule has 5 heteroatoms. The van der Waals surface area contributed by atoms with Crippen molar-refractivity contribution in [2.45, 2.75) is 38.0 Å². The van der Waals surface area contributed by atoms with E-state index in [9.17, 15) is 8.78 Å². The molecule has 106 valence electrons. The summed E-state index contributed by atoms with van der Waals surface area (Å²) in [5.74, 6) is -2.16. The van der Waals surface area contributed by atoms with Crippen molar-refractivity contribution in [3.63, 3.8) is 0 Å². The van der Waals surface area contributed by atoms with Crippen LogP contribution in [0, 0.1) is 5.92 Å². The summed E-state index contributed by atoms with van der Waals surface area (Å²) in [7, 11) is 0. The second-order valence-electron chi connectivity index (χ2n) is 5.53. The maximum atomic E-state index is 13.1. The standard InChI is InChI=1S/C15H17F2N3/c1-2-11-8-14-19-13(10-20(14)18-9-11)7-12-3-5-15(16,17)6-4-12/h2,8-10,12H,1,3-7H2. The van der Waals surface area contributed by atoms with Crippen molar-refractivity contribution < 1.29 is 8.78 Å². The Labute approximate surface area is 116 Å². The van der Waals surface area contributed by atoms with Crippen LogP contribution in [-0.4, -0.2) is 20.5 Å². The quantitative estimate of drug-likeness (QED) is 0.855. The lowest BCUT2D eigenvalue weighted by Gasteiger charge is -2.27. The molecule has 3 rings (SSSR count). The molecular formula is C15H17F2N3. The van der Waals surface area contributed by atoms with E-state index in [2.05, 4.69) is 16.7 Å². The van der Waals surface area contributed by atoms with Gasteiger partial charge in [-0.15, -0.1) is 0 Å². The van der Waals surface area contributed by atoms with Gasteiger partial charge in [-0.05, 0) is 36.8 Å². The lowest BCUT2D eigenvalue weighted by molar-refractivity contribution is -0.0457. The van der Waals surface area contributed by atoms with E-state index in [1.165, 1.54) is 0 Å². The van der Waals surface area contributed by atoms with E-state index in [4.69, 9.17) is 0 Å². The fourth-order valence-corrected chi connectivity index (χ4v) is 2.75. The largest absolute Gasteiger partial charge is 0.248 e. The lowest BCUT2D eigenvalue weighted by Crippen LogP contribution is -2.25. The highest BCUT2D eigenvalue weighted by Crippen LogP contribution is 2.37. The molecule has 0 aliphatic heterocycles. The van der Waals surface area contributed by atoms with Gasteiger partial charge in [0.1, 0.15) is 0 Å². The molecule has 2 aromatic heterocycles. The highest BCUT2D eigenvalue weighted by Gasteiger charge is 2.34. The first kappa shape index (κ1) is 13.2. The van der Waals surface area contributed by atoms with Gasteiger partial charge in [-0.1, -0.05) is 12.7 Å². The van der Waals surface area contributed by atoms with E-state index >= 15 is 0 Å².